The second-order valence-electron chi connectivity index (χ2n) is 4.50. The van der Waals surface area contributed by atoms with Gasteiger partial charge in [-0.2, -0.15) is 5.10 Å². The molecule has 1 aromatic heterocycles. The molecule has 1 aliphatic rings. The van der Waals surface area contributed by atoms with Gasteiger partial charge in [0.2, 0.25) is 0 Å². The molecule has 0 spiro atoms. The topological polar surface area (TPSA) is 30.7 Å². The first-order chi connectivity index (χ1) is 6.89. The molecule has 84 valence electrons. The maximum Gasteiger partial charge on any atom is 0.267 e. The molecule has 1 atom stereocenters. The summed E-state index contributed by atoms with van der Waals surface area (Å²) in [7, 11) is 0. The van der Waals surface area contributed by atoms with Crippen LogP contribution in [0.5, 0.6) is 0 Å². The Bertz CT molecular complexity index is 365. The zero-order valence-electron chi connectivity index (χ0n) is 9.17. The van der Waals surface area contributed by atoms with E-state index in [4.69, 9.17) is 0 Å². The van der Waals surface area contributed by atoms with Crippen molar-refractivity contribution < 1.29 is 8.78 Å². The zero-order valence-corrected chi connectivity index (χ0v) is 9.17. The third-order valence-electron chi connectivity index (χ3n) is 2.76. The summed E-state index contributed by atoms with van der Waals surface area (Å²) < 4.78 is 27.9. The van der Waals surface area contributed by atoms with Crippen LogP contribution in [0.3, 0.4) is 0 Å². The van der Waals surface area contributed by atoms with Gasteiger partial charge in [-0.05, 0) is 6.42 Å². The van der Waals surface area contributed by atoms with Crippen LogP contribution in [0.2, 0.25) is 0 Å². The Morgan fingerprint density at radius 1 is 1.47 bits per heavy atom. The lowest BCUT2D eigenvalue weighted by atomic mass is 10.1. The van der Waals surface area contributed by atoms with E-state index in [0.29, 0.717) is 24.5 Å². The SMILES string of the molecule is CC(C)c1nc2n(n1)C(C(C)(F)F)CC2. The van der Waals surface area contributed by atoms with Crippen molar-refractivity contribution in [2.45, 2.75) is 51.5 Å². The minimum Gasteiger partial charge on any atom is -0.241 e. The molecule has 2 rings (SSSR count). The van der Waals surface area contributed by atoms with Crippen molar-refractivity contribution in [1.82, 2.24) is 14.8 Å². The van der Waals surface area contributed by atoms with Crippen LogP contribution in [0.15, 0.2) is 0 Å². The van der Waals surface area contributed by atoms with Gasteiger partial charge >= 0.3 is 0 Å². The Hall–Kier alpha value is -1.00. The molecule has 0 bridgehead atoms. The summed E-state index contributed by atoms with van der Waals surface area (Å²) >= 11 is 0. The van der Waals surface area contributed by atoms with Gasteiger partial charge in [0.1, 0.15) is 11.9 Å². The molecule has 0 aliphatic carbocycles. The largest absolute Gasteiger partial charge is 0.267 e. The van der Waals surface area contributed by atoms with E-state index in [0.717, 1.165) is 6.92 Å². The summed E-state index contributed by atoms with van der Waals surface area (Å²) in [6, 6.07) is -0.813. The molecule has 3 nitrogen and oxygen atoms in total. The summed E-state index contributed by atoms with van der Waals surface area (Å²) in [5.41, 5.74) is 0. The van der Waals surface area contributed by atoms with Crippen molar-refractivity contribution in [3.8, 4) is 0 Å². The predicted octanol–water partition coefficient (Wildman–Crippen LogP) is 2.54. The highest BCUT2D eigenvalue weighted by Crippen LogP contribution is 2.37. The molecule has 0 fully saturated rings. The van der Waals surface area contributed by atoms with Crippen molar-refractivity contribution in [2.24, 2.45) is 0 Å². The van der Waals surface area contributed by atoms with E-state index in [2.05, 4.69) is 10.1 Å². The highest BCUT2D eigenvalue weighted by Gasteiger charge is 2.41. The third kappa shape index (κ3) is 1.75. The van der Waals surface area contributed by atoms with Crippen LogP contribution in [0.4, 0.5) is 8.78 Å². The van der Waals surface area contributed by atoms with Crippen LogP contribution in [-0.4, -0.2) is 20.7 Å². The molecule has 0 saturated carbocycles. The molecular formula is C10H15F2N3. The van der Waals surface area contributed by atoms with Gasteiger partial charge in [-0.1, -0.05) is 13.8 Å². The second kappa shape index (κ2) is 3.25. The Morgan fingerprint density at radius 2 is 2.13 bits per heavy atom. The molecule has 2 heterocycles. The van der Waals surface area contributed by atoms with Crippen molar-refractivity contribution in [2.75, 3.05) is 0 Å². The van der Waals surface area contributed by atoms with Gasteiger partial charge < -0.3 is 0 Å². The van der Waals surface area contributed by atoms with Crippen LogP contribution in [0, 0.1) is 0 Å². The second-order valence-corrected chi connectivity index (χ2v) is 4.50. The fourth-order valence-corrected chi connectivity index (χ4v) is 1.89. The van der Waals surface area contributed by atoms with Crippen LogP contribution in [0.25, 0.3) is 0 Å². The van der Waals surface area contributed by atoms with E-state index in [9.17, 15) is 8.78 Å². The molecule has 0 aromatic carbocycles. The van der Waals surface area contributed by atoms with Gasteiger partial charge in [0.05, 0.1) is 0 Å². The fraction of sp³-hybridized carbons (Fsp3) is 0.800. The molecule has 1 aliphatic heterocycles. The number of fused-ring (bicyclic) bond motifs is 1. The van der Waals surface area contributed by atoms with Gasteiger partial charge in [-0.15, -0.1) is 0 Å². The van der Waals surface area contributed by atoms with Gasteiger partial charge in [-0.3, -0.25) is 0 Å². The number of hydrogen-bond acceptors (Lipinski definition) is 2. The highest BCUT2D eigenvalue weighted by molar-refractivity contribution is 5.05. The Kier molecular flexibility index (Phi) is 2.28. The lowest BCUT2D eigenvalue weighted by Crippen LogP contribution is -2.26. The number of aryl methyl sites for hydroxylation is 1. The van der Waals surface area contributed by atoms with E-state index in [1.54, 1.807) is 0 Å². The fourth-order valence-electron chi connectivity index (χ4n) is 1.89. The van der Waals surface area contributed by atoms with Gasteiger partial charge in [-0.25, -0.2) is 18.4 Å². The first-order valence-corrected chi connectivity index (χ1v) is 5.22. The Labute approximate surface area is 87.5 Å². The Morgan fingerprint density at radius 3 is 2.67 bits per heavy atom. The minimum atomic E-state index is -2.72. The monoisotopic (exact) mass is 215 g/mol. The average molecular weight is 215 g/mol. The zero-order chi connectivity index (χ0) is 11.2. The van der Waals surface area contributed by atoms with Crippen LogP contribution < -0.4 is 0 Å². The van der Waals surface area contributed by atoms with Gasteiger partial charge in [0.25, 0.3) is 5.92 Å². The average Bonchev–Trinajstić information content (AvgIpc) is 2.56. The smallest absolute Gasteiger partial charge is 0.241 e. The molecule has 0 saturated heterocycles. The van der Waals surface area contributed by atoms with Crippen molar-refractivity contribution in [3.63, 3.8) is 0 Å². The van der Waals surface area contributed by atoms with E-state index in [1.807, 2.05) is 13.8 Å². The number of rotatable bonds is 2. The minimum absolute atomic E-state index is 0.189. The number of alkyl halides is 2. The van der Waals surface area contributed by atoms with Crippen molar-refractivity contribution in [1.29, 1.82) is 0 Å². The number of aromatic nitrogens is 3. The third-order valence-corrected chi connectivity index (χ3v) is 2.76. The predicted molar refractivity (Wildman–Crippen MR) is 52.1 cm³/mol. The maximum absolute atomic E-state index is 13.2. The molecule has 0 N–H and O–H groups in total. The maximum atomic E-state index is 13.2. The van der Waals surface area contributed by atoms with Crippen molar-refractivity contribution >= 4 is 0 Å². The highest BCUT2D eigenvalue weighted by atomic mass is 19.3. The molecule has 1 unspecified atom stereocenters. The van der Waals surface area contributed by atoms with E-state index >= 15 is 0 Å². The number of nitrogens with zero attached hydrogens (tertiary/aromatic N) is 3. The van der Waals surface area contributed by atoms with E-state index < -0.39 is 12.0 Å². The summed E-state index contributed by atoms with van der Waals surface area (Å²) in [6.07, 6.45) is 1.05. The normalized spacial score (nSPS) is 21.1. The van der Waals surface area contributed by atoms with E-state index in [-0.39, 0.29) is 5.92 Å². The molecular weight excluding hydrogens is 200 g/mol. The van der Waals surface area contributed by atoms with Gasteiger partial charge in [0, 0.05) is 19.3 Å². The Balaban J connectivity index is 2.34. The molecule has 15 heavy (non-hydrogen) atoms. The van der Waals surface area contributed by atoms with Gasteiger partial charge in [0.15, 0.2) is 5.82 Å². The molecule has 0 amide bonds. The standard InChI is InChI=1S/C10H15F2N3/c1-6(2)9-13-8-5-4-7(10(3,11)12)15(8)14-9/h6-7H,4-5H2,1-3H3. The van der Waals surface area contributed by atoms with Crippen LogP contribution in [0.1, 0.15) is 50.8 Å². The first kappa shape index (κ1) is 10.5. The lowest BCUT2D eigenvalue weighted by Gasteiger charge is -2.19. The summed E-state index contributed by atoms with van der Waals surface area (Å²) in [6.45, 7) is 4.87. The quantitative estimate of drug-likeness (QED) is 0.759. The van der Waals surface area contributed by atoms with Crippen LogP contribution >= 0.6 is 0 Å². The first-order valence-electron chi connectivity index (χ1n) is 5.22. The molecule has 0 radical (unpaired) electrons. The molecule has 1 aromatic rings. The van der Waals surface area contributed by atoms with Crippen LogP contribution in [-0.2, 0) is 6.42 Å². The summed E-state index contributed by atoms with van der Waals surface area (Å²) in [5.74, 6) is -1.16. The number of hydrogen-bond donors (Lipinski definition) is 0. The van der Waals surface area contributed by atoms with Crippen molar-refractivity contribution in [3.05, 3.63) is 11.6 Å². The summed E-state index contributed by atoms with van der Waals surface area (Å²) in [5, 5.41) is 4.16. The summed E-state index contributed by atoms with van der Waals surface area (Å²) in [4.78, 5) is 4.27. The number of halogens is 2. The van der Waals surface area contributed by atoms with E-state index in [1.165, 1.54) is 4.68 Å². The lowest BCUT2D eigenvalue weighted by molar-refractivity contribution is -0.0339. The molecule has 5 heteroatoms.